The van der Waals surface area contributed by atoms with Crippen LogP contribution in [0.4, 0.5) is 5.69 Å². The van der Waals surface area contributed by atoms with Gasteiger partial charge in [0.1, 0.15) is 0 Å². The number of hydrogen-bond donors (Lipinski definition) is 0. The molecule has 0 radical (unpaired) electrons. The van der Waals surface area contributed by atoms with Gasteiger partial charge in [-0.05, 0) is 42.8 Å². The monoisotopic (exact) mass is 430 g/mol. The van der Waals surface area contributed by atoms with E-state index in [1.165, 1.54) is 4.90 Å². The molecule has 1 fully saturated rings. The molecule has 0 aliphatic carbocycles. The van der Waals surface area contributed by atoms with Crippen molar-refractivity contribution in [1.82, 2.24) is 4.90 Å². The standard InChI is InChI=1S/C20H19BrN2O2S/c1-2-16-15-12-14(21)4-6-18(15)26-19-5-3-13(11-17(19)22-16)20(24)23-7-9-25-10-8-23/h3-6,11-12H,2,7-10H2,1H3. The predicted octanol–water partition coefficient (Wildman–Crippen LogP) is 4.92. The number of benzene rings is 2. The number of nitrogens with zero attached hydrogens (tertiary/aromatic N) is 2. The van der Waals surface area contributed by atoms with Gasteiger partial charge in [0.05, 0.1) is 18.9 Å². The van der Waals surface area contributed by atoms with Gasteiger partial charge < -0.3 is 9.64 Å². The molecular formula is C20H19BrN2O2S. The van der Waals surface area contributed by atoms with Crippen LogP contribution in [0.1, 0.15) is 29.3 Å². The van der Waals surface area contributed by atoms with Gasteiger partial charge in [0.2, 0.25) is 0 Å². The molecule has 134 valence electrons. The highest BCUT2D eigenvalue weighted by Crippen LogP contribution is 2.42. The molecular weight excluding hydrogens is 412 g/mol. The van der Waals surface area contributed by atoms with Crippen LogP contribution < -0.4 is 0 Å². The third-order valence-corrected chi connectivity index (χ3v) is 6.20. The molecule has 4 rings (SSSR count). The second-order valence-corrected chi connectivity index (χ2v) is 8.24. The highest BCUT2D eigenvalue weighted by atomic mass is 79.9. The minimum absolute atomic E-state index is 0.0545. The van der Waals surface area contributed by atoms with E-state index in [-0.39, 0.29) is 5.91 Å². The molecule has 2 aliphatic heterocycles. The minimum Gasteiger partial charge on any atom is -0.378 e. The van der Waals surface area contributed by atoms with E-state index in [1.807, 2.05) is 23.1 Å². The molecule has 0 saturated carbocycles. The maximum Gasteiger partial charge on any atom is 0.254 e. The summed E-state index contributed by atoms with van der Waals surface area (Å²) in [6.45, 7) is 4.62. The Labute approximate surface area is 165 Å². The number of aliphatic imine (C=N–C) groups is 1. The van der Waals surface area contributed by atoms with E-state index in [0.29, 0.717) is 31.9 Å². The average Bonchev–Trinajstić information content (AvgIpc) is 2.83. The molecule has 2 heterocycles. The molecule has 4 nitrogen and oxygen atoms in total. The lowest BCUT2D eigenvalue weighted by atomic mass is 10.1. The first kappa shape index (κ1) is 17.8. The van der Waals surface area contributed by atoms with Gasteiger partial charge in [-0.1, -0.05) is 34.6 Å². The average molecular weight is 431 g/mol. The van der Waals surface area contributed by atoms with Crippen molar-refractivity contribution in [2.75, 3.05) is 26.3 Å². The van der Waals surface area contributed by atoms with Gasteiger partial charge in [-0.25, -0.2) is 0 Å². The Hall–Kier alpha value is -1.63. The number of carbonyl (C=O) groups is 1. The zero-order valence-corrected chi connectivity index (χ0v) is 16.9. The molecule has 26 heavy (non-hydrogen) atoms. The van der Waals surface area contributed by atoms with Gasteiger partial charge in [-0.15, -0.1) is 0 Å². The fraction of sp³-hybridized carbons (Fsp3) is 0.300. The van der Waals surface area contributed by atoms with E-state index in [2.05, 4.69) is 41.1 Å². The first-order valence-electron chi connectivity index (χ1n) is 8.72. The van der Waals surface area contributed by atoms with E-state index in [1.54, 1.807) is 11.8 Å². The summed E-state index contributed by atoms with van der Waals surface area (Å²) in [4.78, 5) is 21.8. The fourth-order valence-electron chi connectivity index (χ4n) is 3.18. The highest BCUT2D eigenvalue weighted by Gasteiger charge is 2.22. The van der Waals surface area contributed by atoms with Crippen molar-refractivity contribution in [3.63, 3.8) is 0 Å². The van der Waals surface area contributed by atoms with Crippen molar-refractivity contribution < 1.29 is 9.53 Å². The molecule has 0 N–H and O–H groups in total. The van der Waals surface area contributed by atoms with Crippen molar-refractivity contribution in [3.8, 4) is 0 Å². The van der Waals surface area contributed by atoms with Crippen molar-refractivity contribution in [3.05, 3.63) is 52.0 Å². The number of morpholine rings is 1. The normalized spacial score (nSPS) is 16.4. The van der Waals surface area contributed by atoms with Gasteiger partial charge in [0.15, 0.2) is 0 Å². The first-order valence-corrected chi connectivity index (χ1v) is 10.3. The Bertz CT molecular complexity index is 891. The summed E-state index contributed by atoms with van der Waals surface area (Å²) in [5.41, 5.74) is 3.77. The summed E-state index contributed by atoms with van der Waals surface area (Å²) in [6, 6.07) is 12.2. The van der Waals surface area contributed by atoms with Crippen LogP contribution in [-0.4, -0.2) is 42.8 Å². The number of carbonyl (C=O) groups excluding carboxylic acids is 1. The molecule has 0 bridgehead atoms. The Morgan fingerprint density at radius 2 is 1.96 bits per heavy atom. The van der Waals surface area contributed by atoms with Crippen LogP contribution >= 0.6 is 27.7 Å². The molecule has 6 heteroatoms. The van der Waals surface area contributed by atoms with Crippen LogP contribution in [0.15, 0.2) is 55.7 Å². The number of rotatable bonds is 2. The third kappa shape index (κ3) is 3.46. The molecule has 1 saturated heterocycles. The second kappa shape index (κ2) is 7.55. The molecule has 0 atom stereocenters. The molecule has 2 aliphatic rings. The number of ether oxygens (including phenoxy) is 1. The summed E-state index contributed by atoms with van der Waals surface area (Å²) in [5.74, 6) is 0.0545. The Kier molecular flexibility index (Phi) is 5.16. The molecule has 1 amide bonds. The maximum atomic E-state index is 12.8. The van der Waals surface area contributed by atoms with Crippen LogP contribution in [-0.2, 0) is 4.74 Å². The molecule has 2 aromatic rings. The topological polar surface area (TPSA) is 41.9 Å². The van der Waals surface area contributed by atoms with Crippen LogP contribution in [0, 0.1) is 0 Å². The molecule has 2 aromatic carbocycles. The summed E-state index contributed by atoms with van der Waals surface area (Å²) in [7, 11) is 0. The van der Waals surface area contributed by atoms with Gasteiger partial charge in [0, 0.05) is 44.2 Å². The lowest BCUT2D eigenvalue weighted by molar-refractivity contribution is 0.0303. The van der Waals surface area contributed by atoms with Crippen LogP contribution in [0.2, 0.25) is 0 Å². The summed E-state index contributed by atoms with van der Waals surface area (Å²) < 4.78 is 6.39. The first-order chi connectivity index (χ1) is 12.7. The predicted molar refractivity (Wildman–Crippen MR) is 108 cm³/mol. The Balaban J connectivity index is 1.73. The zero-order valence-electron chi connectivity index (χ0n) is 14.5. The Morgan fingerprint density at radius 3 is 2.73 bits per heavy atom. The smallest absolute Gasteiger partial charge is 0.254 e. The maximum absolute atomic E-state index is 12.8. The van der Waals surface area contributed by atoms with Gasteiger partial charge in [0.25, 0.3) is 5.91 Å². The van der Waals surface area contributed by atoms with E-state index < -0.39 is 0 Å². The molecule has 0 unspecified atom stereocenters. The minimum atomic E-state index is 0.0545. The number of amides is 1. The SMILES string of the molecule is CCC1=Nc2cc(C(=O)N3CCOCC3)ccc2Sc2ccc(Br)cc21. The largest absolute Gasteiger partial charge is 0.378 e. The summed E-state index contributed by atoms with van der Waals surface area (Å²) in [6.07, 6.45) is 0.838. The summed E-state index contributed by atoms with van der Waals surface area (Å²) in [5, 5.41) is 0. The van der Waals surface area contributed by atoms with Crippen LogP contribution in [0.25, 0.3) is 0 Å². The van der Waals surface area contributed by atoms with Crippen LogP contribution in [0.3, 0.4) is 0 Å². The lowest BCUT2D eigenvalue weighted by Gasteiger charge is -2.27. The van der Waals surface area contributed by atoms with Crippen molar-refractivity contribution in [2.45, 2.75) is 23.1 Å². The fourth-order valence-corrected chi connectivity index (χ4v) is 4.55. The van der Waals surface area contributed by atoms with E-state index >= 15 is 0 Å². The van der Waals surface area contributed by atoms with Crippen molar-refractivity contribution in [1.29, 1.82) is 0 Å². The number of fused-ring (bicyclic) bond motifs is 2. The van der Waals surface area contributed by atoms with Crippen molar-refractivity contribution >= 4 is 45.0 Å². The zero-order chi connectivity index (χ0) is 18.1. The third-order valence-electron chi connectivity index (χ3n) is 4.57. The summed E-state index contributed by atoms with van der Waals surface area (Å²) >= 11 is 5.26. The Morgan fingerprint density at radius 1 is 1.19 bits per heavy atom. The van der Waals surface area contributed by atoms with E-state index in [0.717, 1.165) is 32.8 Å². The number of halogens is 1. The molecule has 0 spiro atoms. The highest BCUT2D eigenvalue weighted by molar-refractivity contribution is 9.10. The van der Waals surface area contributed by atoms with Gasteiger partial charge >= 0.3 is 0 Å². The second-order valence-electron chi connectivity index (χ2n) is 6.24. The molecule has 0 aromatic heterocycles. The quantitative estimate of drug-likeness (QED) is 0.678. The van der Waals surface area contributed by atoms with Crippen molar-refractivity contribution in [2.24, 2.45) is 4.99 Å². The van der Waals surface area contributed by atoms with E-state index in [4.69, 9.17) is 9.73 Å². The van der Waals surface area contributed by atoms with Gasteiger partial charge in [-0.3, -0.25) is 9.79 Å². The van der Waals surface area contributed by atoms with Gasteiger partial charge in [-0.2, -0.15) is 0 Å². The number of hydrogen-bond acceptors (Lipinski definition) is 4. The van der Waals surface area contributed by atoms with E-state index in [9.17, 15) is 4.79 Å². The lowest BCUT2D eigenvalue weighted by Crippen LogP contribution is -2.40. The van der Waals surface area contributed by atoms with Crippen LogP contribution in [0.5, 0.6) is 0 Å².